The van der Waals surface area contributed by atoms with Crippen molar-refractivity contribution in [2.45, 2.75) is 6.42 Å². The highest BCUT2D eigenvalue weighted by Crippen LogP contribution is 2.29. The van der Waals surface area contributed by atoms with E-state index in [0.29, 0.717) is 11.1 Å². The largest absolute Gasteiger partial charge is 0.496 e. The summed E-state index contributed by atoms with van der Waals surface area (Å²) < 4.78 is 33.8. The zero-order chi connectivity index (χ0) is 21.1. The van der Waals surface area contributed by atoms with Crippen molar-refractivity contribution in [3.63, 3.8) is 0 Å². The van der Waals surface area contributed by atoms with Crippen LogP contribution < -0.4 is 15.9 Å². The van der Waals surface area contributed by atoms with Gasteiger partial charge in [-0.25, -0.2) is 8.78 Å². The second kappa shape index (κ2) is 7.94. The van der Waals surface area contributed by atoms with Crippen molar-refractivity contribution in [1.29, 1.82) is 5.26 Å². The summed E-state index contributed by atoms with van der Waals surface area (Å²) in [7, 11) is 1.32. The number of H-pyrrole nitrogens is 1. The molecule has 0 spiro atoms. The van der Waals surface area contributed by atoms with Gasteiger partial charge in [0.05, 0.1) is 18.4 Å². The molecule has 1 heterocycles. The molecule has 0 aliphatic rings. The van der Waals surface area contributed by atoms with E-state index in [4.69, 9.17) is 10.5 Å². The topological polar surface area (TPSA) is 109 Å². The van der Waals surface area contributed by atoms with E-state index >= 15 is 0 Å². The summed E-state index contributed by atoms with van der Waals surface area (Å²) in [5.74, 6) is -2.08. The molecule has 0 unspecified atom stereocenters. The Morgan fingerprint density at radius 3 is 2.62 bits per heavy atom. The molecule has 3 N–H and O–H groups in total. The Balaban J connectivity index is 2.04. The molecule has 8 heteroatoms. The number of rotatable bonds is 5. The Morgan fingerprint density at radius 1 is 1.24 bits per heavy atom. The molecule has 0 aliphatic carbocycles. The monoisotopic (exact) mass is 395 g/mol. The third-order valence-electron chi connectivity index (χ3n) is 4.37. The zero-order valence-corrected chi connectivity index (χ0v) is 15.3. The molecule has 0 saturated carbocycles. The quantitative estimate of drug-likeness (QED) is 0.692. The van der Waals surface area contributed by atoms with E-state index in [1.54, 1.807) is 12.1 Å². The summed E-state index contributed by atoms with van der Waals surface area (Å²) in [4.78, 5) is 26.1. The van der Waals surface area contributed by atoms with Crippen molar-refractivity contribution in [2.24, 2.45) is 5.73 Å². The molecule has 3 aromatic rings. The van der Waals surface area contributed by atoms with E-state index in [-0.39, 0.29) is 34.6 Å². The first-order valence-electron chi connectivity index (χ1n) is 8.42. The lowest BCUT2D eigenvalue weighted by molar-refractivity contribution is 0.0996. The Bertz CT molecular complexity index is 1210. The number of nitrogens with zero attached hydrogens (tertiary/aromatic N) is 1. The van der Waals surface area contributed by atoms with Gasteiger partial charge in [0.15, 0.2) is 5.43 Å². The number of primary amides is 1. The van der Waals surface area contributed by atoms with Crippen LogP contribution in [0.5, 0.6) is 5.75 Å². The predicted molar refractivity (Wildman–Crippen MR) is 101 cm³/mol. The molecule has 0 radical (unpaired) electrons. The number of carbonyl (C=O) groups excluding carboxylic acids is 1. The van der Waals surface area contributed by atoms with Crippen molar-refractivity contribution in [2.75, 3.05) is 7.11 Å². The van der Waals surface area contributed by atoms with Gasteiger partial charge in [-0.2, -0.15) is 5.26 Å². The Labute approximate surface area is 164 Å². The molecule has 1 amide bonds. The van der Waals surface area contributed by atoms with Gasteiger partial charge in [-0.15, -0.1) is 0 Å². The molecule has 1 aromatic heterocycles. The number of hydrogen-bond acceptors (Lipinski definition) is 4. The number of ether oxygens (including phenoxy) is 1. The molecule has 0 aliphatic heterocycles. The minimum atomic E-state index is -0.846. The first-order valence-corrected chi connectivity index (χ1v) is 8.42. The Kier molecular flexibility index (Phi) is 5.41. The maximum absolute atomic E-state index is 14.7. The van der Waals surface area contributed by atoms with E-state index in [9.17, 15) is 23.6 Å². The summed E-state index contributed by atoms with van der Waals surface area (Å²) in [6.07, 6.45) is 1.39. The van der Waals surface area contributed by atoms with Gasteiger partial charge in [-0.1, -0.05) is 6.07 Å². The molecule has 0 bridgehead atoms. The number of carbonyl (C=O) groups is 1. The van der Waals surface area contributed by atoms with Gasteiger partial charge in [0.25, 0.3) is 5.91 Å². The summed E-state index contributed by atoms with van der Waals surface area (Å²) in [6.45, 7) is 0. The van der Waals surface area contributed by atoms with Crippen LogP contribution in [0, 0.1) is 23.0 Å². The van der Waals surface area contributed by atoms with Crippen LogP contribution >= 0.6 is 0 Å². The van der Waals surface area contributed by atoms with Gasteiger partial charge in [0, 0.05) is 29.8 Å². The summed E-state index contributed by atoms with van der Waals surface area (Å²) in [6, 6.07) is 9.29. The number of aromatic nitrogens is 1. The van der Waals surface area contributed by atoms with E-state index in [1.807, 2.05) is 0 Å². The first-order chi connectivity index (χ1) is 13.8. The number of hydrogen-bond donors (Lipinski definition) is 2. The third-order valence-corrected chi connectivity index (χ3v) is 4.37. The number of amides is 1. The second-order valence-corrected chi connectivity index (χ2v) is 6.20. The SMILES string of the molecule is COc1c(Cc2ccc(-c3[nH]ccc(=O)c3C#N)c(F)c2)cc(F)cc1C(N)=O. The number of pyridine rings is 1. The number of aromatic amines is 1. The number of nitriles is 1. The maximum Gasteiger partial charge on any atom is 0.252 e. The molecule has 3 rings (SSSR count). The lowest BCUT2D eigenvalue weighted by Crippen LogP contribution is -2.14. The number of halogens is 2. The number of nitrogens with one attached hydrogen (secondary N) is 1. The van der Waals surface area contributed by atoms with Crippen molar-refractivity contribution >= 4 is 5.91 Å². The highest BCUT2D eigenvalue weighted by Gasteiger charge is 2.18. The molecule has 0 saturated heterocycles. The molecular formula is C21H15F2N3O3. The normalized spacial score (nSPS) is 10.4. The van der Waals surface area contributed by atoms with Crippen molar-refractivity contribution in [1.82, 2.24) is 4.98 Å². The van der Waals surface area contributed by atoms with E-state index in [1.165, 1.54) is 37.6 Å². The molecule has 146 valence electrons. The zero-order valence-electron chi connectivity index (χ0n) is 15.3. The van der Waals surface area contributed by atoms with Crippen LogP contribution in [0.1, 0.15) is 27.0 Å². The van der Waals surface area contributed by atoms with Gasteiger partial charge < -0.3 is 15.5 Å². The van der Waals surface area contributed by atoms with Gasteiger partial charge >= 0.3 is 0 Å². The standard InChI is InChI=1S/C21H15F2N3O3/c1-29-20-12(8-13(22)9-15(20)21(25)28)6-11-2-3-14(17(23)7-11)19-16(10-24)18(27)4-5-26-19/h2-5,7-9H,6H2,1H3,(H2,25,28)(H,26,27). The first kappa shape index (κ1) is 19.8. The van der Waals surface area contributed by atoms with Crippen LogP contribution in [-0.4, -0.2) is 18.0 Å². The van der Waals surface area contributed by atoms with Crippen molar-refractivity contribution in [3.8, 4) is 23.1 Å². The molecule has 29 heavy (non-hydrogen) atoms. The fourth-order valence-electron chi connectivity index (χ4n) is 3.10. The van der Waals surface area contributed by atoms with Crippen LogP contribution in [0.4, 0.5) is 8.78 Å². The summed E-state index contributed by atoms with van der Waals surface area (Å²) >= 11 is 0. The molecule has 2 aromatic carbocycles. The fraction of sp³-hybridized carbons (Fsp3) is 0.0952. The third kappa shape index (κ3) is 3.84. The molecule has 0 atom stereocenters. The smallest absolute Gasteiger partial charge is 0.252 e. The highest BCUT2D eigenvalue weighted by atomic mass is 19.1. The van der Waals surface area contributed by atoms with Crippen LogP contribution in [0.2, 0.25) is 0 Å². The number of nitrogens with two attached hydrogens (primary N) is 1. The van der Waals surface area contributed by atoms with E-state index in [0.717, 1.165) is 6.07 Å². The van der Waals surface area contributed by atoms with Gasteiger partial charge in [-0.3, -0.25) is 9.59 Å². The lowest BCUT2D eigenvalue weighted by atomic mass is 9.98. The van der Waals surface area contributed by atoms with E-state index < -0.39 is 23.0 Å². The van der Waals surface area contributed by atoms with Crippen LogP contribution in [0.25, 0.3) is 11.3 Å². The number of benzene rings is 2. The summed E-state index contributed by atoms with van der Waals surface area (Å²) in [5, 5.41) is 9.18. The van der Waals surface area contributed by atoms with Gasteiger partial charge in [-0.05, 0) is 29.8 Å². The van der Waals surface area contributed by atoms with Crippen LogP contribution in [-0.2, 0) is 6.42 Å². The number of methoxy groups -OCH3 is 1. The van der Waals surface area contributed by atoms with E-state index in [2.05, 4.69) is 4.98 Å². The Morgan fingerprint density at radius 2 is 2.00 bits per heavy atom. The fourth-order valence-corrected chi connectivity index (χ4v) is 3.10. The lowest BCUT2D eigenvalue weighted by Gasteiger charge is -2.13. The maximum atomic E-state index is 14.7. The van der Waals surface area contributed by atoms with Crippen molar-refractivity contribution < 1.29 is 18.3 Å². The minimum absolute atomic E-state index is 0.0482. The molecule has 6 nitrogen and oxygen atoms in total. The summed E-state index contributed by atoms with van der Waals surface area (Å²) in [5.41, 5.74) is 5.34. The van der Waals surface area contributed by atoms with Gasteiger partial charge in [0.1, 0.15) is 29.0 Å². The van der Waals surface area contributed by atoms with Crippen molar-refractivity contribution in [3.05, 3.63) is 86.7 Å². The highest BCUT2D eigenvalue weighted by molar-refractivity contribution is 5.96. The minimum Gasteiger partial charge on any atom is -0.496 e. The average Bonchev–Trinajstić information content (AvgIpc) is 2.67. The second-order valence-electron chi connectivity index (χ2n) is 6.20. The van der Waals surface area contributed by atoms with Gasteiger partial charge in [0.2, 0.25) is 0 Å². The van der Waals surface area contributed by atoms with Crippen LogP contribution in [0.15, 0.2) is 47.4 Å². The average molecular weight is 395 g/mol. The predicted octanol–water partition coefficient (Wildman–Crippen LogP) is 2.89. The van der Waals surface area contributed by atoms with Crippen LogP contribution in [0.3, 0.4) is 0 Å². The molecular weight excluding hydrogens is 380 g/mol. The molecule has 0 fully saturated rings. The Hall–Kier alpha value is -3.99.